The Hall–Kier alpha value is -1.91. The lowest BCUT2D eigenvalue weighted by Gasteiger charge is -2.09. The summed E-state index contributed by atoms with van der Waals surface area (Å²) in [7, 11) is 0. The van der Waals surface area contributed by atoms with Crippen molar-refractivity contribution in [2.45, 2.75) is 0 Å². The van der Waals surface area contributed by atoms with Crippen molar-refractivity contribution in [3.05, 3.63) is 70.7 Å². The fourth-order valence-corrected chi connectivity index (χ4v) is 1.91. The number of hydrazone groups is 1. The van der Waals surface area contributed by atoms with Crippen LogP contribution in [-0.2, 0) is 0 Å². The van der Waals surface area contributed by atoms with Crippen LogP contribution in [0.1, 0.15) is 11.1 Å². The van der Waals surface area contributed by atoms with Crippen molar-refractivity contribution in [3.63, 3.8) is 0 Å². The van der Waals surface area contributed by atoms with Crippen LogP contribution in [-0.4, -0.2) is 10.8 Å². The van der Waals surface area contributed by atoms with Crippen molar-refractivity contribution in [1.82, 2.24) is 5.43 Å². The Bertz CT molecular complexity index is 611. The van der Waals surface area contributed by atoms with E-state index in [1.165, 1.54) is 0 Å². The van der Waals surface area contributed by atoms with Gasteiger partial charge in [-0.3, -0.25) is 5.43 Å². The zero-order valence-corrected chi connectivity index (χ0v) is 11.6. The maximum atomic E-state index is 6.21. The molecule has 0 saturated carbocycles. The van der Waals surface area contributed by atoms with E-state index >= 15 is 0 Å². The van der Waals surface area contributed by atoms with E-state index in [-0.39, 0.29) is 5.11 Å². The van der Waals surface area contributed by atoms with Gasteiger partial charge in [0.2, 0.25) is 0 Å². The van der Waals surface area contributed by atoms with Gasteiger partial charge in [-0.25, -0.2) is 0 Å². The molecule has 2 rings (SSSR count). The Morgan fingerprint density at radius 1 is 1.05 bits per heavy atom. The van der Waals surface area contributed by atoms with Crippen molar-refractivity contribution < 1.29 is 0 Å². The van der Waals surface area contributed by atoms with Gasteiger partial charge in [0.25, 0.3) is 0 Å². The highest BCUT2D eigenvalue weighted by molar-refractivity contribution is 7.80. The van der Waals surface area contributed by atoms with Crippen LogP contribution in [0.15, 0.2) is 59.7 Å². The second kappa shape index (κ2) is 6.31. The van der Waals surface area contributed by atoms with Gasteiger partial charge in [-0.2, -0.15) is 5.10 Å². The van der Waals surface area contributed by atoms with Gasteiger partial charge >= 0.3 is 0 Å². The van der Waals surface area contributed by atoms with Crippen LogP contribution in [0, 0.1) is 0 Å². The first-order valence-electron chi connectivity index (χ1n) is 5.62. The summed E-state index contributed by atoms with van der Waals surface area (Å²) in [6.07, 6.45) is 0. The van der Waals surface area contributed by atoms with Crippen LogP contribution in [0.3, 0.4) is 0 Å². The summed E-state index contributed by atoms with van der Waals surface area (Å²) < 4.78 is 0. The molecule has 5 heteroatoms. The molecule has 3 N–H and O–H groups in total. The minimum atomic E-state index is 0.112. The summed E-state index contributed by atoms with van der Waals surface area (Å²) >= 11 is 11.0. The Morgan fingerprint density at radius 3 is 2.32 bits per heavy atom. The third-order valence-corrected chi connectivity index (χ3v) is 2.87. The van der Waals surface area contributed by atoms with Crippen LogP contribution in [0.4, 0.5) is 0 Å². The average molecular weight is 290 g/mol. The molecule has 0 radical (unpaired) electrons. The number of nitrogens with zero attached hydrogens (tertiary/aromatic N) is 1. The number of hydrogen-bond donors (Lipinski definition) is 2. The quantitative estimate of drug-likeness (QED) is 0.519. The van der Waals surface area contributed by atoms with E-state index in [2.05, 4.69) is 10.5 Å². The number of halogens is 1. The number of benzene rings is 2. The molecule has 0 aromatic heterocycles. The molecule has 0 atom stereocenters. The first kappa shape index (κ1) is 13.5. The Kier molecular flexibility index (Phi) is 4.49. The fourth-order valence-electron chi connectivity index (χ4n) is 1.64. The second-order valence-corrected chi connectivity index (χ2v) is 4.63. The van der Waals surface area contributed by atoms with E-state index < -0.39 is 0 Å². The van der Waals surface area contributed by atoms with E-state index in [0.717, 1.165) is 11.1 Å². The van der Waals surface area contributed by atoms with Crippen LogP contribution >= 0.6 is 23.8 Å². The summed E-state index contributed by atoms with van der Waals surface area (Å²) in [5.41, 5.74) is 10.5. The minimum Gasteiger partial charge on any atom is -0.375 e. The molecule has 0 fully saturated rings. The number of hydrogen-bond acceptors (Lipinski definition) is 2. The number of nitrogens with one attached hydrogen (secondary N) is 1. The van der Waals surface area contributed by atoms with Crippen molar-refractivity contribution in [1.29, 1.82) is 0 Å². The average Bonchev–Trinajstić information content (AvgIpc) is 2.42. The molecule has 0 unspecified atom stereocenters. The normalized spacial score (nSPS) is 11.1. The van der Waals surface area contributed by atoms with Gasteiger partial charge in [0.05, 0.1) is 10.7 Å². The summed E-state index contributed by atoms with van der Waals surface area (Å²) in [5.74, 6) is 0. The first-order valence-corrected chi connectivity index (χ1v) is 6.40. The molecule has 0 spiro atoms. The smallest absolute Gasteiger partial charge is 0.184 e. The van der Waals surface area contributed by atoms with Crippen LogP contribution in [0.5, 0.6) is 0 Å². The van der Waals surface area contributed by atoms with Gasteiger partial charge < -0.3 is 5.73 Å². The predicted molar refractivity (Wildman–Crippen MR) is 83.5 cm³/mol. The molecule has 96 valence electrons. The van der Waals surface area contributed by atoms with Gasteiger partial charge in [-0.1, -0.05) is 60.1 Å². The molecule has 0 amide bonds. The van der Waals surface area contributed by atoms with E-state index in [1.54, 1.807) is 0 Å². The lowest BCUT2D eigenvalue weighted by Crippen LogP contribution is -2.26. The van der Waals surface area contributed by atoms with Gasteiger partial charge in [-0.15, -0.1) is 0 Å². The zero-order chi connectivity index (χ0) is 13.7. The SMILES string of the molecule is NC(=S)N/N=C(/c1ccccc1)c1ccccc1Cl. The van der Waals surface area contributed by atoms with Gasteiger partial charge in [0, 0.05) is 11.1 Å². The summed E-state index contributed by atoms with van der Waals surface area (Å²) in [6.45, 7) is 0. The van der Waals surface area contributed by atoms with Gasteiger partial charge in [0.1, 0.15) is 0 Å². The number of thiocarbonyl (C=S) groups is 1. The van der Waals surface area contributed by atoms with E-state index in [0.29, 0.717) is 10.7 Å². The molecule has 19 heavy (non-hydrogen) atoms. The largest absolute Gasteiger partial charge is 0.375 e. The van der Waals surface area contributed by atoms with Crippen LogP contribution in [0.25, 0.3) is 0 Å². The Labute approximate surface area is 122 Å². The molecule has 3 nitrogen and oxygen atoms in total. The second-order valence-electron chi connectivity index (χ2n) is 3.78. The third-order valence-electron chi connectivity index (χ3n) is 2.45. The Balaban J connectivity index is 2.50. The number of nitrogens with two attached hydrogens (primary N) is 1. The third kappa shape index (κ3) is 3.53. The molecule has 0 aliphatic heterocycles. The van der Waals surface area contributed by atoms with Gasteiger partial charge in [-0.05, 0) is 18.3 Å². The lowest BCUT2D eigenvalue weighted by molar-refractivity contribution is 1.03. The number of rotatable bonds is 3. The summed E-state index contributed by atoms with van der Waals surface area (Å²) in [6, 6.07) is 17.2. The van der Waals surface area contributed by atoms with Crippen LogP contribution < -0.4 is 11.2 Å². The first-order chi connectivity index (χ1) is 9.18. The molecule has 0 aliphatic rings. The Morgan fingerprint density at radius 2 is 1.68 bits per heavy atom. The maximum Gasteiger partial charge on any atom is 0.184 e. The van der Waals surface area contributed by atoms with Gasteiger partial charge in [0.15, 0.2) is 5.11 Å². The topological polar surface area (TPSA) is 50.4 Å². The van der Waals surface area contributed by atoms with E-state index in [9.17, 15) is 0 Å². The fraction of sp³-hybridized carbons (Fsp3) is 0. The van der Waals surface area contributed by atoms with Crippen molar-refractivity contribution in [2.24, 2.45) is 10.8 Å². The molecule has 0 bridgehead atoms. The minimum absolute atomic E-state index is 0.112. The highest BCUT2D eigenvalue weighted by Gasteiger charge is 2.10. The molecule has 2 aromatic rings. The predicted octanol–water partition coefficient (Wildman–Crippen LogP) is 2.93. The van der Waals surface area contributed by atoms with Crippen molar-refractivity contribution >= 4 is 34.6 Å². The van der Waals surface area contributed by atoms with Crippen molar-refractivity contribution in [2.75, 3.05) is 0 Å². The standard InChI is InChI=1S/C14H12ClN3S/c15-12-9-5-4-8-11(12)13(17-18-14(16)19)10-6-2-1-3-7-10/h1-9H,(H3,16,18,19)/b17-13-. The molecule has 0 aliphatic carbocycles. The highest BCUT2D eigenvalue weighted by atomic mass is 35.5. The lowest BCUT2D eigenvalue weighted by atomic mass is 10.0. The molecular formula is C14H12ClN3S. The molecule has 0 saturated heterocycles. The van der Waals surface area contributed by atoms with Crippen LogP contribution in [0.2, 0.25) is 5.02 Å². The summed E-state index contributed by atoms with van der Waals surface area (Å²) in [4.78, 5) is 0. The molecule has 0 heterocycles. The van der Waals surface area contributed by atoms with E-state index in [1.807, 2.05) is 54.6 Å². The molecule has 2 aromatic carbocycles. The monoisotopic (exact) mass is 289 g/mol. The highest BCUT2D eigenvalue weighted by Crippen LogP contribution is 2.19. The zero-order valence-electron chi connectivity index (χ0n) is 10.0. The maximum absolute atomic E-state index is 6.21. The molecular weight excluding hydrogens is 278 g/mol. The van der Waals surface area contributed by atoms with E-state index in [4.69, 9.17) is 29.6 Å². The summed E-state index contributed by atoms with van der Waals surface area (Å²) in [5, 5.41) is 4.97. The van der Waals surface area contributed by atoms with Crippen molar-refractivity contribution in [3.8, 4) is 0 Å².